The van der Waals surface area contributed by atoms with Gasteiger partial charge in [-0.1, -0.05) is 16.8 Å². The number of aromatic nitrogens is 3. The van der Waals surface area contributed by atoms with Crippen molar-refractivity contribution in [2.24, 2.45) is 5.73 Å². The number of halogens is 1. The van der Waals surface area contributed by atoms with E-state index in [9.17, 15) is 0 Å². The van der Waals surface area contributed by atoms with Gasteiger partial charge >= 0.3 is 0 Å². The Kier molecular flexibility index (Phi) is 2.70. The predicted octanol–water partition coefficient (Wildman–Crippen LogP) is 1.94. The first kappa shape index (κ1) is 10.1. The zero-order valence-corrected chi connectivity index (χ0v) is 9.02. The molecule has 0 spiro atoms. The van der Waals surface area contributed by atoms with Crippen molar-refractivity contribution in [2.45, 2.75) is 13.0 Å². The van der Waals surface area contributed by atoms with Gasteiger partial charge in [0.25, 0.3) is 0 Å². The molecule has 0 unspecified atom stereocenters. The van der Waals surface area contributed by atoms with E-state index in [1.165, 1.54) is 0 Å². The molecule has 1 aromatic carbocycles. The van der Waals surface area contributed by atoms with E-state index in [4.69, 9.17) is 17.3 Å². The minimum absolute atomic E-state index is 0.106. The average molecular weight is 223 g/mol. The fourth-order valence-electron chi connectivity index (χ4n) is 1.21. The summed E-state index contributed by atoms with van der Waals surface area (Å²) in [7, 11) is 0. The standard InChI is InChI=1S/C10H11ClN4/c1-7(12)10-6-15(14-13-10)9-4-2-8(11)3-5-9/h2-7H,12H2,1H3/t7-/m1/s1. The van der Waals surface area contributed by atoms with Crippen LogP contribution in [-0.2, 0) is 0 Å². The van der Waals surface area contributed by atoms with Crippen LogP contribution in [0.15, 0.2) is 30.5 Å². The van der Waals surface area contributed by atoms with E-state index in [1.807, 2.05) is 37.4 Å². The van der Waals surface area contributed by atoms with Gasteiger partial charge in [0.1, 0.15) is 0 Å². The molecule has 1 atom stereocenters. The molecule has 78 valence electrons. The maximum atomic E-state index is 5.79. The predicted molar refractivity (Wildman–Crippen MR) is 59.0 cm³/mol. The summed E-state index contributed by atoms with van der Waals surface area (Å²) in [5.41, 5.74) is 7.38. The van der Waals surface area contributed by atoms with Crippen molar-refractivity contribution < 1.29 is 0 Å². The Morgan fingerprint density at radius 2 is 2.00 bits per heavy atom. The van der Waals surface area contributed by atoms with E-state index in [0.29, 0.717) is 5.02 Å². The molecule has 0 bridgehead atoms. The van der Waals surface area contributed by atoms with Crippen LogP contribution in [0.3, 0.4) is 0 Å². The van der Waals surface area contributed by atoms with Crippen LogP contribution >= 0.6 is 11.6 Å². The number of hydrogen-bond acceptors (Lipinski definition) is 3. The van der Waals surface area contributed by atoms with Gasteiger partial charge in [-0.15, -0.1) is 5.10 Å². The van der Waals surface area contributed by atoms with Crippen molar-refractivity contribution in [3.63, 3.8) is 0 Å². The molecule has 2 N–H and O–H groups in total. The lowest BCUT2D eigenvalue weighted by atomic mass is 10.3. The Hall–Kier alpha value is -1.39. The highest BCUT2D eigenvalue weighted by molar-refractivity contribution is 6.30. The summed E-state index contributed by atoms with van der Waals surface area (Å²) in [6, 6.07) is 7.27. The van der Waals surface area contributed by atoms with Crippen LogP contribution in [0.25, 0.3) is 5.69 Å². The van der Waals surface area contributed by atoms with Gasteiger partial charge in [0.2, 0.25) is 0 Å². The maximum absolute atomic E-state index is 5.79. The molecule has 0 saturated carbocycles. The van der Waals surface area contributed by atoms with Crippen LogP contribution in [-0.4, -0.2) is 15.0 Å². The topological polar surface area (TPSA) is 56.7 Å². The van der Waals surface area contributed by atoms with Crippen molar-refractivity contribution in [2.75, 3.05) is 0 Å². The second kappa shape index (κ2) is 4.00. The zero-order chi connectivity index (χ0) is 10.8. The number of benzene rings is 1. The molecule has 1 aromatic heterocycles. The van der Waals surface area contributed by atoms with Crippen LogP contribution < -0.4 is 5.73 Å². The van der Waals surface area contributed by atoms with Gasteiger partial charge in [0.05, 0.1) is 17.6 Å². The molecule has 0 aliphatic heterocycles. The summed E-state index contributed by atoms with van der Waals surface area (Å²) in [6.07, 6.45) is 1.81. The van der Waals surface area contributed by atoms with Crippen molar-refractivity contribution in [1.29, 1.82) is 0 Å². The molecule has 0 amide bonds. The molecule has 0 saturated heterocycles. The van der Waals surface area contributed by atoms with E-state index in [1.54, 1.807) is 4.68 Å². The lowest BCUT2D eigenvalue weighted by molar-refractivity contribution is 0.756. The summed E-state index contributed by atoms with van der Waals surface area (Å²) in [4.78, 5) is 0. The number of rotatable bonds is 2. The second-order valence-corrected chi connectivity index (χ2v) is 3.79. The number of nitrogens with zero attached hydrogens (tertiary/aromatic N) is 3. The highest BCUT2D eigenvalue weighted by Crippen LogP contribution is 2.13. The van der Waals surface area contributed by atoms with Crippen molar-refractivity contribution >= 4 is 11.6 Å². The summed E-state index contributed by atoms with van der Waals surface area (Å²) in [5, 5.41) is 8.65. The Morgan fingerprint density at radius 1 is 1.33 bits per heavy atom. The maximum Gasteiger partial charge on any atom is 0.0995 e. The normalized spacial score (nSPS) is 12.7. The van der Waals surface area contributed by atoms with Crippen LogP contribution in [0.1, 0.15) is 18.7 Å². The monoisotopic (exact) mass is 222 g/mol. The lowest BCUT2D eigenvalue weighted by Gasteiger charge is -1.99. The molecule has 15 heavy (non-hydrogen) atoms. The first-order chi connectivity index (χ1) is 7.16. The highest BCUT2D eigenvalue weighted by Gasteiger charge is 2.05. The van der Waals surface area contributed by atoms with Crippen molar-refractivity contribution in [3.05, 3.63) is 41.2 Å². The summed E-state index contributed by atoms with van der Waals surface area (Å²) in [6.45, 7) is 1.87. The van der Waals surface area contributed by atoms with Gasteiger partial charge in [-0.2, -0.15) is 0 Å². The molecule has 0 aliphatic rings. The van der Waals surface area contributed by atoms with Crippen molar-refractivity contribution in [1.82, 2.24) is 15.0 Å². The molecule has 0 aliphatic carbocycles. The first-order valence-electron chi connectivity index (χ1n) is 4.60. The lowest BCUT2D eigenvalue weighted by Crippen LogP contribution is -2.04. The van der Waals surface area contributed by atoms with E-state index in [0.717, 1.165) is 11.4 Å². The minimum Gasteiger partial charge on any atom is -0.323 e. The molecule has 2 rings (SSSR count). The summed E-state index contributed by atoms with van der Waals surface area (Å²) < 4.78 is 1.68. The van der Waals surface area contributed by atoms with E-state index < -0.39 is 0 Å². The fraction of sp³-hybridized carbons (Fsp3) is 0.200. The van der Waals surface area contributed by atoms with Gasteiger partial charge in [-0.3, -0.25) is 0 Å². The second-order valence-electron chi connectivity index (χ2n) is 3.35. The molecule has 1 heterocycles. The Morgan fingerprint density at radius 3 is 2.53 bits per heavy atom. The van der Waals surface area contributed by atoms with E-state index in [2.05, 4.69) is 10.3 Å². The van der Waals surface area contributed by atoms with Gasteiger partial charge in [-0.25, -0.2) is 4.68 Å². The molecule has 4 nitrogen and oxygen atoms in total. The highest BCUT2D eigenvalue weighted by atomic mass is 35.5. The Bertz CT molecular complexity index is 447. The molecular formula is C10H11ClN4. The third-order valence-corrected chi connectivity index (χ3v) is 2.32. The van der Waals surface area contributed by atoms with Crippen LogP contribution in [0.2, 0.25) is 5.02 Å². The fourth-order valence-corrected chi connectivity index (χ4v) is 1.33. The molecular weight excluding hydrogens is 212 g/mol. The van der Waals surface area contributed by atoms with Crippen LogP contribution in [0, 0.1) is 0 Å². The van der Waals surface area contributed by atoms with Gasteiger partial charge in [0.15, 0.2) is 0 Å². The third-order valence-electron chi connectivity index (χ3n) is 2.07. The van der Waals surface area contributed by atoms with Gasteiger partial charge < -0.3 is 5.73 Å². The largest absolute Gasteiger partial charge is 0.323 e. The van der Waals surface area contributed by atoms with Gasteiger partial charge in [-0.05, 0) is 31.2 Å². The van der Waals surface area contributed by atoms with Gasteiger partial charge in [0, 0.05) is 11.1 Å². The third kappa shape index (κ3) is 2.16. The van der Waals surface area contributed by atoms with E-state index >= 15 is 0 Å². The SMILES string of the molecule is C[C@@H](N)c1cn(-c2ccc(Cl)cc2)nn1. The smallest absolute Gasteiger partial charge is 0.0995 e. The Balaban J connectivity index is 2.33. The molecule has 0 radical (unpaired) electrons. The molecule has 5 heteroatoms. The average Bonchev–Trinajstić information content (AvgIpc) is 2.68. The van der Waals surface area contributed by atoms with Crippen LogP contribution in [0.5, 0.6) is 0 Å². The van der Waals surface area contributed by atoms with Crippen LogP contribution in [0.4, 0.5) is 0 Å². The Labute approximate surface area is 92.7 Å². The summed E-state index contributed by atoms with van der Waals surface area (Å²) in [5.74, 6) is 0. The zero-order valence-electron chi connectivity index (χ0n) is 8.26. The number of nitrogens with two attached hydrogens (primary N) is 1. The van der Waals surface area contributed by atoms with E-state index in [-0.39, 0.29) is 6.04 Å². The molecule has 2 aromatic rings. The van der Waals surface area contributed by atoms with Crippen molar-refractivity contribution in [3.8, 4) is 5.69 Å². The first-order valence-corrected chi connectivity index (χ1v) is 4.98. The summed E-state index contributed by atoms with van der Waals surface area (Å²) >= 11 is 5.79. The number of hydrogen-bond donors (Lipinski definition) is 1. The quantitative estimate of drug-likeness (QED) is 0.845. The molecule has 0 fully saturated rings. The minimum atomic E-state index is -0.106.